The molecule has 1 aliphatic rings. The molecule has 2 N–H and O–H groups in total. The Kier molecular flexibility index (Phi) is 5.43. The van der Waals surface area contributed by atoms with Gasteiger partial charge in [-0.1, -0.05) is 15.9 Å². The zero-order valence-corrected chi connectivity index (χ0v) is 16.0. The van der Waals surface area contributed by atoms with Crippen LogP contribution in [0.25, 0.3) is 0 Å². The van der Waals surface area contributed by atoms with Crippen LogP contribution < -0.4 is 10.2 Å². The van der Waals surface area contributed by atoms with E-state index < -0.39 is 23.7 Å². The minimum atomic E-state index is -1.15. The van der Waals surface area contributed by atoms with Crippen LogP contribution >= 0.6 is 28.1 Å². The molecule has 27 heavy (non-hydrogen) atoms. The zero-order chi connectivity index (χ0) is 19.6. The van der Waals surface area contributed by atoms with E-state index in [4.69, 9.17) is 17.3 Å². The SMILES string of the molecule is O=C(O)c1ccc(N=C[C@H]2C(=O)NC(=S)N(c3ccc(Br)cc3)C2=O)cc1. The molecule has 0 saturated carbocycles. The van der Waals surface area contributed by atoms with Crippen LogP contribution in [-0.4, -0.2) is 34.2 Å². The van der Waals surface area contributed by atoms with Crippen molar-refractivity contribution in [1.29, 1.82) is 0 Å². The molecule has 0 aromatic heterocycles. The van der Waals surface area contributed by atoms with Crippen molar-refractivity contribution in [2.75, 3.05) is 4.90 Å². The number of rotatable bonds is 4. The highest BCUT2D eigenvalue weighted by Gasteiger charge is 2.38. The lowest BCUT2D eigenvalue weighted by Crippen LogP contribution is -2.58. The number of nitrogens with one attached hydrogen (secondary N) is 1. The molecule has 0 bridgehead atoms. The number of carbonyl (C=O) groups is 3. The van der Waals surface area contributed by atoms with Crippen LogP contribution in [0.15, 0.2) is 58.0 Å². The summed E-state index contributed by atoms with van der Waals surface area (Å²) in [5.41, 5.74) is 1.06. The monoisotopic (exact) mass is 445 g/mol. The van der Waals surface area contributed by atoms with Crippen LogP contribution in [-0.2, 0) is 9.59 Å². The summed E-state index contributed by atoms with van der Waals surface area (Å²) in [6.07, 6.45) is 1.22. The maximum atomic E-state index is 12.8. The minimum Gasteiger partial charge on any atom is -0.478 e. The number of carboxylic acid groups (broad SMARTS) is 1. The molecular weight excluding hydrogens is 434 g/mol. The molecule has 1 heterocycles. The van der Waals surface area contributed by atoms with E-state index in [1.54, 1.807) is 24.3 Å². The smallest absolute Gasteiger partial charge is 0.335 e. The molecule has 2 aromatic carbocycles. The van der Waals surface area contributed by atoms with Crippen molar-refractivity contribution in [2.45, 2.75) is 0 Å². The molecule has 0 unspecified atom stereocenters. The number of amides is 2. The molecule has 2 aromatic rings. The summed E-state index contributed by atoms with van der Waals surface area (Å²) in [6, 6.07) is 12.7. The van der Waals surface area contributed by atoms with Crippen LogP contribution in [0, 0.1) is 5.92 Å². The van der Waals surface area contributed by atoms with Crippen molar-refractivity contribution >= 4 is 68.6 Å². The Morgan fingerprint density at radius 3 is 2.37 bits per heavy atom. The topological polar surface area (TPSA) is 99.1 Å². The van der Waals surface area contributed by atoms with Crippen LogP contribution in [0.4, 0.5) is 11.4 Å². The number of aromatic carboxylic acids is 1. The third-order valence-corrected chi connectivity index (χ3v) is 4.59. The Hall–Kier alpha value is -2.91. The quantitative estimate of drug-likeness (QED) is 0.428. The van der Waals surface area contributed by atoms with Gasteiger partial charge in [0.1, 0.15) is 0 Å². The first-order valence-electron chi connectivity index (χ1n) is 7.69. The van der Waals surface area contributed by atoms with E-state index in [9.17, 15) is 14.4 Å². The van der Waals surface area contributed by atoms with Gasteiger partial charge in [-0.25, -0.2) is 4.79 Å². The first-order valence-corrected chi connectivity index (χ1v) is 8.89. The predicted molar refractivity (Wildman–Crippen MR) is 107 cm³/mol. The van der Waals surface area contributed by atoms with Crippen molar-refractivity contribution in [3.05, 3.63) is 58.6 Å². The highest BCUT2D eigenvalue weighted by molar-refractivity contribution is 9.10. The van der Waals surface area contributed by atoms with E-state index in [1.165, 1.54) is 35.4 Å². The van der Waals surface area contributed by atoms with Gasteiger partial charge in [0, 0.05) is 10.7 Å². The van der Waals surface area contributed by atoms with Crippen LogP contribution in [0.5, 0.6) is 0 Å². The summed E-state index contributed by atoms with van der Waals surface area (Å²) >= 11 is 8.45. The van der Waals surface area contributed by atoms with E-state index in [2.05, 4.69) is 26.2 Å². The lowest BCUT2D eigenvalue weighted by atomic mass is 10.1. The summed E-state index contributed by atoms with van der Waals surface area (Å²) < 4.78 is 0.841. The maximum Gasteiger partial charge on any atom is 0.335 e. The average molecular weight is 446 g/mol. The molecule has 1 atom stereocenters. The molecule has 3 rings (SSSR count). The Bertz CT molecular complexity index is 958. The normalized spacial score (nSPS) is 17.3. The number of carboxylic acids is 1. The Balaban J connectivity index is 1.84. The van der Waals surface area contributed by atoms with Crippen LogP contribution in [0.2, 0.25) is 0 Å². The lowest BCUT2D eigenvalue weighted by molar-refractivity contribution is -0.130. The minimum absolute atomic E-state index is 0.00258. The maximum absolute atomic E-state index is 12.8. The highest BCUT2D eigenvalue weighted by atomic mass is 79.9. The second-order valence-corrected chi connectivity index (χ2v) is 6.85. The van der Waals surface area contributed by atoms with Gasteiger partial charge in [-0.15, -0.1) is 0 Å². The number of carbonyl (C=O) groups excluding carboxylic acids is 2. The summed E-state index contributed by atoms with van der Waals surface area (Å²) in [4.78, 5) is 41.2. The van der Waals surface area contributed by atoms with Gasteiger partial charge in [0.05, 0.1) is 16.9 Å². The van der Waals surface area contributed by atoms with E-state index in [0.717, 1.165) is 4.47 Å². The number of aliphatic imine (C=N–C) groups is 1. The summed E-state index contributed by atoms with van der Waals surface area (Å²) in [5, 5.41) is 11.4. The van der Waals surface area contributed by atoms with E-state index in [0.29, 0.717) is 11.4 Å². The second-order valence-electron chi connectivity index (χ2n) is 5.55. The molecule has 2 amide bonds. The third-order valence-electron chi connectivity index (χ3n) is 3.77. The first kappa shape index (κ1) is 18.9. The molecule has 9 heteroatoms. The Morgan fingerprint density at radius 1 is 1.15 bits per heavy atom. The van der Waals surface area contributed by atoms with Gasteiger partial charge in [-0.2, -0.15) is 0 Å². The number of anilines is 1. The van der Waals surface area contributed by atoms with Crippen molar-refractivity contribution < 1.29 is 19.5 Å². The molecule has 1 aliphatic heterocycles. The fourth-order valence-electron chi connectivity index (χ4n) is 2.41. The number of nitrogens with zero attached hydrogens (tertiary/aromatic N) is 2. The first-order chi connectivity index (χ1) is 12.9. The number of thiocarbonyl (C=S) groups is 1. The number of halogens is 1. The Morgan fingerprint density at radius 2 is 1.78 bits per heavy atom. The highest BCUT2D eigenvalue weighted by Crippen LogP contribution is 2.23. The molecule has 136 valence electrons. The molecule has 0 radical (unpaired) electrons. The molecule has 1 fully saturated rings. The van der Waals surface area contributed by atoms with E-state index >= 15 is 0 Å². The Labute approximate surface area is 167 Å². The van der Waals surface area contributed by atoms with Crippen molar-refractivity contribution in [2.24, 2.45) is 10.9 Å². The van der Waals surface area contributed by atoms with Gasteiger partial charge in [0.25, 0.3) is 5.91 Å². The molecular formula is C18H12BrN3O4S. The molecule has 0 aliphatic carbocycles. The third kappa shape index (κ3) is 4.09. The fourth-order valence-corrected chi connectivity index (χ4v) is 2.97. The summed E-state index contributed by atoms with van der Waals surface area (Å²) in [7, 11) is 0. The molecule has 1 saturated heterocycles. The van der Waals surface area contributed by atoms with Crippen LogP contribution in [0.1, 0.15) is 10.4 Å². The van der Waals surface area contributed by atoms with Crippen LogP contribution in [0.3, 0.4) is 0 Å². The van der Waals surface area contributed by atoms with Crippen molar-refractivity contribution in [1.82, 2.24) is 5.32 Å². The van der Waals surface area contributed by atoms with Gasteiger partial charge in [-0.05, 0) is 60.7 Å². The van der Waals surface area contributed by atoms with Gasteiger partial charge >= 0.3 is 5.97 Å². The predicted octanol–water partition coefficient (Wildman–Crippen LogP) is 2.91. The van der Waals surface area contributed by atoms with Gasteiger partial charge in [-0.3, -0.25) is 19.5 Å². The fraction of sp³-hybridized carbons (Fsp3) is 0.0556. The molecule has 7 nitrogen and oxygen atoms in total. The number of hydrogen-bond acceptors (Lipinski definition) is 5. The summed E-state index contributed by atoms with van der Waals surface area (Å²) in [5.74, 6) is -3.29. The average Bonchev–Trinajstić information content (AvgIpc) is 2.63. The number of hydrogen-bond donors (Lipinski definition) is 2. The van der Waals surface area contributed by atoms with Gasteiger partial charge < -0.3 is 10.4 Å². The largest absolute Gasteiger partial charge is 0.478 e. The number of benzene rings is 2. The van der Waals surface area contributed by atoms with Gasteiger partial charge in [0.15, 0.2) is 11.0 Å². The van der Waals surface area contributed by atoms with E-state index in [-0.39, 0.29) is 10.7 Å². The van der Waals surface area contributed by atoms with Crippen molar-refractivity contribution in [3.63, 3.8) is 0 Å². The van der Waals surface area contributed by atoms with Gasteiger partial charge in [0.2, 0.25) is 5.91 Å². The molecule has 0 spiro atoms. The lowest BCUT2D eigenvalue weighted by Gasteiger charge is -2.30. The zero-order valence-electron chi connectivity index (χ0n) is 13.6. The second kappa shape index (κ2) is 7.77. The summed E-state index contributed by atoms with van der Waals surface area (Å²) in [6.45, 7) is 0. The van der Waals surface area contributed by atoms with E-state index in [1.807, 2.05) is 0 Å². The standard InChI is InChI=1S/C18H12BrN3O4S/c19-11-3-7-13(8-4-11)22-16(24)14(15(23)21-18(22)27)9-20-12-5-1-10(2-6-12)17(25)26/h1-9,14H,(H,25,26)(H,21,23,27)/t14-/m0/s1. The van der Waals surface area contributed by atoms with Crippen molar-refractivity contribution in [3.8, 4) is 0 Å².